The van der Waals surface area contributed by atoms with Gasteiger partial charge in [-0.25, -0.2) is 9.37 Å². The number of ether oxygens (including phenoxy) is 1. The van der Waals surface area contributed by atoms with Crippen molar-refractivity contribution in [3.8, 4) is 0 Å². The van der Waals surface area contributed by atoms with Crippen LogP contribution < -0.4 is 5.56 Å². The van der Waals surface area contributed by atoms with Crippen LogP contribution in [0.5, 0.6) is 0 Å². The van der Waals surface area contributed by atoms with Gasteiger partial charge in [-0.2, -0.15) is 0 Å². The summed E-state index contributed by atoms with van der Waals surface area (Å²) in [5.41, 5.74) is 0.683. The second kappa shape index (κ2) is 6.08. The van der Waals surface area contributed by atoms with E-state index in [1.54, 1.807) is 18.2 Å². The van der Waals surface area contributed by atoms with Crippen LogP contribution in [-0.2, 0) is 17.8 Å². The van der Waals surface area contributed by atoms with Gasteiger partial charge in [0.25, 0.3) is 5.56 Å². The van der Waals surface area contributed by atoms with Gasteiger partial charge in [-0.1, -0.05) is 18.2 Å². The summed E-state index contributed by atoms with van der Waals surface area (Å²) in [6, 6.07) is 6.40. The van der Waals surface area contributed by atoms with Crippen molar-refractivity contribution in [3.63, 3.8) is 0 Å². The average molecular weight is 327 g/mol. The van der Waals surface area contributed by atoms with E-state index in [2.05, 4.69) is 25.9 Å². The van der Waals surface area contributed by atoms with Crippen molar-refractivity contribution < 1.29 is 9.13 Å². The van der Waals surface area contributed by atoms with Crippen LogP contribution in [0.1, 0.15) is 17.1 Å². The van der Waals surface area contributed by atoms with Gasteiger partial charge in [0.2, 0.25) is 0 Å². The number of benzene rings is 1. The molecule has 19 heavy (non-hydrogen) atoms. The van der Waals surface area contributed by atoms with E-state index in [9.17, 15) is 9.18 Å². The topological polar surface area (TPSA) is 55.0 Å². The molecule has 0 saturated heterocycles. The first-order valence-electron chi connectivity index (χ1n) is 5.61. The number of rotatable bonds is 4. The number of H-pyrrole nitrogens is 1. The van der Waals surface area contributed by atoms with Crippen molar-refractivity contribution in [2.45, 2.75) is 13.0 Å². The van der Waals surface area contributed by atoms with Gasteiger partial charge in [-0.3, -0.25) is 4.79 Å². The van der Waals surface area contributed by atoms with Crippen LogP contribution in [0, 0.1) is 5.82 Å². The van der Waals surface area contributed by atoms with Crippen molar-refractivity contribution in [2.24, 2.45) is 0 Å². The summed E-state index contributed by atoms with van der Waals surface area (Å²) in [5.74, 6) is 0.0895. The number of hydrogen-bond donors (Lipinski definition) is 1. The number of aromatic nitrogens is 2. The van der Waals surface area contributed by atoms with Crippen molar-refractivity contribution in [1.29, 1.82) is 0 Å². The Bertz CT molecular complexity index is 643. The lowest BCUT2D eigenvalue weighted by Gasteiger charge is -2.06. The summed E-state index contributed by atoms with van der Waals surface area (Å²) in [5, 5.41) is 0. The summed E-state index contributed by atoms with van der Waals surface area (Å²) >= 11 is 3.15. The molecule has 1 aromatic heterocycles. The maximum absolute atomic E-state index is 13.5. The highest BCUT2D eigenvalue weighted by molar-refractivity contribution is 9.10. The molecule has 0 saturated carbocycles. The molecular weight excluding hydrogens is 315 g/mol. The maximum atomic E-state index is 13.5. The second-order valence-corrected chi connectivity index (χ2v) is 4.77. The van der Waals surface area contributed by atoms with Crippen molar-refractivity contribution in [1.82, 2.24) is 9.97 Å². The third-order valence-corrected chi connectivity index (χ3v) is 3.40. The minimum absolute atomic E-state index is 0.217. The highest BCUT2D eigenvalue weighted by Gasteiger charge is 2.10. The largest absolute Gasteiger partial charge is 0.378 e. The van der Waals surface area contributed by atoms with E-state index in [4.69, 9.17) is 4.74 Å². The van der Waals surface area contributed by atoms with Crippen molar-refractivity contribution in [3.05, 3.63) is 62.0 Å². The molecule has 0 amide bonds. The van der Waals surface area contributed by atoms with E-state index >= 15 is 0 Å². The first-order valence-corrected chi connectivity index (χ1v) is 6.41. The standard InChI is InChI=1S/C13H12BrFN2O2/c1-19-7-10-12(14)13(18)17-11(16-10)6-8-4-2-3-5-9(8)15/h2-5H,6-7H2,1H3,(H,16,17,18). The SMILES string of the molecule is COCc1nc(Cc2ccccc2F)[nH]c(=O)c1Br. The molecule has 1 N–H and O–H groups in total. The smallest absolute Gasteiger partial charge is 0.265 e. The van der Waals surface area contributed by atoms with Gasteiger partial charge < -0.3 is 9.72 Å². The summed E-state index contributed by atoms with van der Waals surface area (Å²) in [4.78, 5) is 18.6. The fraction of sp³-hybridized carbons (Fsp3) is 0.231. The summed E-state index contributed by atoms with van der Waals surface area (Å²) in [7, 11) is 1.52. The van der Waals surface area contributed by atoms with Crippen LogP contribution >= 0.6 is 15.9 Å². The van der Waals surface area contributed by atoms with Gasteiger partial charge >= 0.3 is 0 Å². The maximum Gasteiger partial charge on any atom is 0.265 e. The Morgan fingerprint density at radius 3 is 2.84 bits per heavy atom. The molecule has 0 aliphatic heterocycles. The number of methoxy groups -OCH3 is 1. The fourth-order valence-electron chi connectivity index (χ4n) is 1.70. The number of nitrogens with one attached hydrogen (secondary N) is 1. The number of halogens is 2. The van der Waals surface area contributed by atoms with Gasteiger partial charge in [0.05, 0.1) is 12.3 Å². The molecule has 0 aliphatic carbocycles. The summed E-state index contributed by atoms with van der Waals surface area (Å²) < 4.78 is 18.9. The van der Waals surface area contributed by atoms with Crippen LogP contribution in [0.15, 0.2) is 33.5 Å². The highest BCUT2D eigenvalue weighted by Crippen LogP contribution is 2.13. The van der Waals surface area contributed by atoms with Gasteiger partial charge in [0, 0.05) is 13.5 Å². The minimum Gasteiger partial charge on any atom is -0.378 e. The van der Waals surface area contributed by atoms with E-state index in [0.29, 0.717) is 21.6 Å². The van der Waals surface area contributed by atoms with Crippen LogP contribution in [-0.4, -0.2) is 17.1 Å². The molecular formula is C13H12BrFN2O2. The number of hydrogen-bond acceptors (Lipinski definition) is 3. The molecule has 0 atom stereocenters. The first kappa shape index (κ1) is 13.9. The average Bonchev–Trinajstić information content (AvgIpc) is 2.38. The monoisotopic (exact) mass is 326 g/mol. The van der Waals surface area contributed by atoms with Crippen LogP contribution in [0.25, 0.3) is 0 Å². The third kappa shape index (κ3) is 3.27. The van der Waals surface area contributed by atoms with Crippen molar-refractivity contribution >= 4 is 15.9 Å². The van der Waals surface area contributed by atoms with Crippen LogP contribution in [0.3, 0.4) is 0 Å². The van der Waals surface area contributed by atoms with E-state index in [1.165, 1.54) is 13.2 Å². The lowest BCUT2D eigenvalue weighted by molar-refractivity contribution is 0.180. The summed E-state index contributed by atoms with van der Waals surface area (Å²) in [6.45, 7) is 0.217. The predicted octanol–water partition coefficient (Wildman–Crippen LogP) is 2.41. The highest BCUT2D eigenvalue weighted by atomic mass is 79.9. The molecule has 0 fully saturated rings. The zero-order valence-electron chi connectivity index (χ0n) is 10.2. The molecule has 0 aliphatic rings. The Labute approximate surface area is 117 Å². The molecule has 100 valence electrons. The molecule has 1 heterocycles. The molecule has 6 heteroatoms. The molecule has 0 radical (unpaired) electrons. The van der Waals surface area contributed by atoms with Gasteiger partial charge in [0.15, 0.2) is 0 Å². The normalized spacial score (nSPS) is 10.7. The Morgan fingerprint density at radius 2 is 2.16 bits per heavy atom. The quantitative estimate of drug-likeness (QED) is 0.938. The minimum atomic E-state index is -0.318. The zero-order valence-corrected chi connectivity index (χ0v) is 11.8. The van der Waals surface area contributed by atoms with Gasteiger partial charge in [-0.05, 0) is 27.6 Å². The lowest BCUT2D eigenvalue weighted by atomic mass is 10.1. The van der Waals surface area contributed by atoms with Gasteiger partial charge in [-0.15, -0.1) is 0 Å². The molecule has 0 spiro atoms. The second-order valence-electron chi connectivity index (χ2n) is 3.97. The summed E-state index contributed by atoms with van der Waals surface area (Å²) in [6.07, 6.45) is 0.228. The Kier molecular flexibility index (Phi) is 4.44. The number of aromatic amines is 1. The molecule has 1 aromatic carbocycles. The fourth-order valence-corrected chi connectivity index (χ4v) is 2.00. The molecule has 2 rings (SSSR count). The Morgan fingerprint density at radius 1 is 1.42 bits per heavy atom. The Hall–Kier alpha value is -1.53. The number of nitrogens with zero attached hydrogens (tertiary/aromatic N) is 1. The zero-order chi connectivity index (χ0) is 13.8. The Balaban J connectivity index is 2.36. The molecule has 0 unspecified atom stereocenters. The predicted molar refractivity (Wildman–Crippen MR) is 72.5 cm³/mol. The van der Waals surface area contributed by atoms with Crippen molar-refractivity contribution in [2.75, 3.05) is 7.11 Å². The van der Waals surface area contributed by atoms with Crippen LogP contribution in [0.2, 0.25) is 0 Å². The van der Waals surface area contributed by atoms with E-state index < -0.39 is 0 Å². The third-order valence-electron chi connectivity index (χ3n) is 2.58. The van der Waals surface area contributed by atoms with E-state index in [1.807, 2.05) is 0 Å². The molecule has 0 bridgehead atoms. The van der Waals surface area contributed by atoms with E-state index in [-0.39, 0.29) is 24.4 Å². The van der Waals surface area contributed by atoms with Gasteiger partial charge in [0.1, 0.15) is 16.1 Å². The first-order chi connectivity index (χ1) is 9.11. The molecule has 2 aromatic rings. The van der Waals surface area contributed by atoms with E-state index in [0.717, 1.165) is 0 Å². The molecule has 4 nitrogen and oxygen atoms in total. The lowest BCUT2D eigenvalue weighted by Crippen LogP contribution is -2.16. The van der Waals surface area contributed by atoms with Crippen LogP contribution in [0.4, 0.5) is 4.39 Å².